The van der Waals surface area contributed by atoms with Crippen LogP contribution in [-0.4, -0.2) is 29.0 Å². The van der Waals surface area contributed by atoms with Gasteiger partial charge in [0.1, 0.15) is 5.75 Å². The van der Waals surface area contributed by atoms with Crippen LogP contribution in [-0.2, 0) is 9.59 Å². The van der Waals surface area contributed by atoms with Crippen LogP contribution in [0.2, 0.25) is 0 Å². The van der Waals surface area contributed by atoms with E-state index in [0.717, 1.165) is 5.56 Å². The Labute approximate surface area is 113 Å². The number of hydrogen-bond acceptors (Lipinski definition) is 6. The molecular weight excluding hydrogens is 266 g/mol. The number of nitrogens with zero attached hydrogens (tertiary/aromatic N) is 2. The Morgan fingerprint density at radius 2 is 2.16 bits per heavy atom. The number of rotatable bonds is 3. The summed E-state index contributed by atoms with van der Waals surface area (Å²) >= 11 is 1.31. The van der Waals surface area contributed by atoms with Gasteiger partial charge in [0.25, 0.3) is 0 Å². The summed E-state index contributed by atoms with van der Waals surface area (Å²) in [5.41, 5.74) is 0.814. The van der Waals surface area contributed by atoms with Crippen LogP contribution in [0, 0.1) is 0 Å². The molecule has 1 fully saturated rings. The van der Waals surface area contributed by atoms with E-state index in [-0.39, 0.29) is 11.9 Å². The summed E-state index contributed by atoms with van der Waals surface area (Å²) in [7, 11) is 0. The summed E-state index contributed by atoms with van der Waals surface area (Å²) in [5.74, 6) is 0.437. The van der Waals surface area contributed by atoms with Crippen LogP contribution in [0.3, 0.4) is 0 Å². The molecule has 0 unspecified atom stereocenters. The highest BCUT2D eigenvalue weighted by molar-refractivity contribution is 8.15. The van der Waals surface area contributed by atoms with Gasteiger partial charge in [-0.15, -0.1) is 5.10 Å². The molecule has 1 aliphatic rings. The second kappa shape index (κ2) is 6.14. The summed E-state index contributed by atoms with van der Waals surface area (Å²) in [5, 5.41) is 10.8. The molecule has 2 rings (SSSR count). The number of amides is 1. The average Bonchev–Trinajstić information content (AvgIpc) is 2.77. The molecule has 1 aromatic rings. The third-order valence-electron chi connectivity index (χ3n) is 2.08. The molecule has 1 N–H and O–H groups in total. The molecule has 0 radical (unpaired) electrons. The zero-order valence-corrected chi connectivity index (χ0v) is 10.9. The third-order valence-corrected chi connectivity index (χ3v) is 2.95. The first-order chi connectivity index (χ1) is 9.13. The molecule has 1 aliphatic heterocycles. The molecule has 6 nitrogen and oxygen atoms in total. The van der Waals surface area contributed by atoms with Crippen molar-refractivity contribution in [1.29, 1.82) is 0 Å². The van der Waals surface area contributed by atoms with E-state index >= 15 is 0 Å². The molecule has 0 aliphatic carbocycles. The minimum Gasteiger partial charge on any atom is -0.427 e. The van der Waals surface area contributed by atoms with Gasteiger partial charge in [-0.3, -0.25) is 9.59 Å². The summed E-state index contributed by atoms with van der Waals surface area (Å²) in [4.78, 5) is 21.6. The van der Waals surface area contributed by atoms with E-state index < -0.39 is 0 Å². The van der Waals surface area contributed by atoms with E-state index in [9.17, 15) is 9.59 Å². The lowest BCUT2D eigenvalue weighted by molar-refractivity contribution is -0.131. The number of nitrogens with one attached hydrogen (secondary N) is 1. The van der Waals surface area contributed by atoms with E-state index in [1.54, 1.807) is 30.5 Å². The van der Waals surface area contributed by atoms with Crippen LogP contribution in [0.1, 0.15) is 12.5 Å². The number of ether oxygens (including phenoxy) is 1. The third kappa shape index (κ3) is 4.22. The molecule has 0 spiro atoms. The van der Waals surface area contributed by atoms with Crippen LogP contribution in [0.25, 0.3) is 0 Å². The Morgan fingerprint density at radius 3 is 2.74 bits per heavy atom. The molecule has 1 aromatic carbocycles. The molecule has 1 saturated heterocycles. The van der Waals surface area contributed by atoms with Gasteiger partial charge in [0.2, 0.25) is 5.91 Å². The van der Waals surface area contributed by atoms with Gasteiger partial charge in [-0.25, -0.2) is 0 Å². The zero-order valence-electron chi connectivity index (χ0n) is 10.1. The largest absolute Gasteiger partial charge is 0.427 e. The maximum absolute atomic E-state index is 10.9. The fraction of sp³-hybridized carbons (Fsp3) is 0.167. The Balaban J connectivity index is 1.95. The smallest absolute Gasteiger partial charge is 0.308 e. The SMILES string of the molecule is CC(=O)Oc1ccc(C=NN=C2NC(=O)CS2)cc1. The first kappa shape index (κ1) is 13.3. The summed E-state index contributed by atoms with van der Waals surface area (Å²) < 4.78 is 4.90. The van der Waals surface area contributed by atoms with Gasteiger partial charge in [-0.05, 0) is 29.8 Å². The molecule has 0 saturated carbocycles. The minimum atomic E-state index is -0.359. The van der Waals surface area contributed by atoms with Crippen molar-refractivity contribution in [3.8, 4) is 5.75 Å². The number of thioether (sulfide) groups is 1. The van der Waals surface area contributed by atoms with E-state index in [1.807, 2.05) is 0 Å². The number of benzene rings is 1. The molecule has 0 bridgehead atoms. The minimum absolute atomic E-state index is 0.0651. The number of carbonyl (C=O) groups excluding carboxylic acids is 2. The van der Waals surface area contributed by atoms with Gasteiger partial charge < -0.3 is 10.1 Å². The molecule has 0 atom stereocenters. The zero-order chi connectivity index (χ0) is 13.7. The quantitative estimate of drug-likeness (QED) is 0.389. The van der Waals surface area contributed by atoms with E-state index in [0.29, 0.717) is 16.7 Å². The van der Waals surface area contributed by atoms with Gasteiger partial charge in [-0.2, -0.15) is 5.10 Å². The Bertz CT molecular complexity index is 552. The highest BCUT2D eigenvalue weighted by Gasteiger charge is 2.15. The fourth-order valence-electron chi connectivity index (χ4n) is 1.32. The van der Waals surface area contributed by atoms with Gasteiger partial charge in [0.05, 0.1) is 12.0 Å². The van der Waals surface area contributed by atoms with Gasteiger partial charge in [-0.1, -0.05) is 11.8 Å². The van der Waals surface area contributed by atoms with Crippen LogP contribution >= 0.6 is 11.8 Å². The van der Waals surface area contributed by atoms with Crippen molar-refractivity contribution in [3.05, 3.63) is 29.8 Å². The van der Waals surface area contributed by atoms with Gasteiger partial charge in [0.15, 0.2) is 5.17 Å². The molecule has 1 heterocycles. The number of hydrogen-bond donors (Lipinski definition) is 1. The Morgan fingerprint density at radius 1 is 1.42 bits per heavy atom. The van der Waals surface area contributed by atoms with Crippen molar-refractivity contribution < 1.29 is 14.3 Å². The molecule has 1 amide bonds. The second-order valence-electron chi connectivity index (χ2n) is 3.65. The lowest BCUT2D eigenvalue weighted by Gasteiger charge is -2.00. The van der Waals surface area contributed by atoms with Crippen LogP contribution in [0.15, 0.2) is 34.5 Å². The van der Waals surface area contributed by atoms with Crippen LogP contribution in [0.5, 0.6) is 5.75 Å². The van der Waals surface area contributed by atoms with Crippen molar-refractivity contribution >= 4 is 35.0 Å². The maximum Gasteiger partial charge on any atom is 0.308 e. The molecular formula is C12H11N3O3S. The van der Waals surface area contributed by atoms with Crippen LogP contribution < -0.4 is 10.1 Å². The van der Waals surface area contributed by atoms with E-state index in [1.165, 1.54) is 18.7 Å². The summed E-state index contributed by atoms with van der Waals surface area (Å²) in [6, 6.07) is 6.84. The van der Waals surface area contributed by atoms with Crippen molar-refractivity contribution in [2.24, 2.45) is 10.2 Å². The predicted molar refractivity (Wildman–Crippen MR) is 73.4 cm³/mol. The topological polar surface area (TPSA) is 80.1 Å². The highest BCUT2D eigenvalue weighted by atomic mass is 32.2. The highest BCUT2D eigenvalue weighted by Crippen LogP contribution is 2.12. The summed E-state index contributed by atoms with van der Waals surface area (Å²) in [6.45, 7) is 1.35. The second-order valence-corrected chi connectivity index (χ2v) is 4.61. The standard InChI is InChI=1S/C12H11N3O3S/c1-8(16)18-10-4-2-9(3-5-10)6-13-15-12-14-11(17)7-19-12/h2-6H,7H2,1H3,(H,14,15,17). The number of carbonyl (C=O) groups is 2. The monoisotopic (exact) mass is 277 g/mol. The molecule has 98 valence electrons. The lowest BCUT2D eigenvalue weighted by atomic mass is 10.2. The van der Waals surface area contributed by atoms with Crippen molar-refractivity contribution in [2.45, 2.75) is 6.92 Å². The van der Waals surface area contributed by atoms with Crippen molar-refractivity contribution in [2.75, 3.05) is 5.75 Å². The molecule has 7 heteroatoms. The van der Waals surface area contributed by atoms with E-state index in [2.05, 4.69) is 15.5 Å². The Kier molecular flexibility index (Phi) is 4.30. The number of esters is 1. The Hall–Kier alpha value is -2.15. The van der Waals surface area contributed by atoms with Gasteiger partial charge in [0, 0.05) is 6.92 Å². The predicted octanol–water partition coefficient (Wildman–Crippen LogP) is 1.16. The van der Waals surface area contributed by atoms with Crippen molar-refractivity contribution in [1.82, 2.24) is 5.32 Å². The van der Waals surface area contributed by atoms with Crippen LogP contribution in [0.4, 0.5) is 0 Å². The van der Waals surface area contributed by atoms with Gasteiger partial charge >= 0.3 is 5.97 Å². The average molecular weight is 277 g/mol. The summed E-state index contributed by atoms with van der Waals surface area (Å²) in [6.07, 6.45) is 1.55. The molecule has 0 aromatic heterocycles. The maximum atomic E-state index is 10.9. The first-order valence-corrected chi connectivity index (χ1v) is 6.44. The van der Waals surface area contributed by atoms with Crippen molar-refractivity contribution in [3.63, 3.8) is 0 Å². The number of amidine groups is 1. The van der Waals surface area contributed by atoms with E-state index in [4.69, 9.17) is 4.74 Å². The molecule has 19 heavy (non-hydrogen) atoms. The fourth-order valence-corrected chi connectivity index (χ4v) is 1.95. The normalized spacial score (nSPS) is 16.9. The lowest BCUT2D eigenvalue weighted by Crippen LogP contribution is -2.19. The first-order valence-electron chi connectivity index (χ1n) is 5.45.